The minimum Gasteiger partial charge on any atom is -0.481 e. The molecule has 1 saturated heterocycles. The van der Waals surface area contributed by atoms with Crippen molar-refractivity contribution >= 4 is 5.95 Å². The number of terminal acetylenes is 1. The molecule has 0 aromatic carbocycles. The van der Waals surface area contributed by atoms with Crippen molar-refractivity contribution in [1.82, 2.24) is 14.9 Å². The van der Waals surface area contributed by atoms with E-state index in [4.69, 9.17) is 15.9 Å². The van der Waals surface area contributed by atoms with Crippen LogP contribution in [0.5, 0.6) is 11.8 Å². The molecule has 2 heterocycles. The predicted molar refractivity (Wildman–Crippen MR) is 72.6 cm³/mol. The fraction of sp³-hybridized carbons (Fsp3) is 0.538. The Balaban J connectivity index is 2.08. The van der Waals surface area contributed by atoms with Gasteiger partial charge in [0.25, 0.3) is 0 Å². The van der Waals surface area contributed by atoms with Crippen LogP contribution >= 0.6 is 0 Å². The zero-order valence-corrected chi connectivity index (χ0v) is 11.3. The molecule has 6 heteroatoms. The molecule has 0 amide bonds. The summed E-state index contributed by atoms with van der Waals surface area (Å²) in [4.78, 5) is 13.0. The van der Waals surface area contributed by atoms with E-state index in [1.165, 1.54) is 0 Å². The van der Waals surface area contributed by atoms with Gasteiger partial charge in [0.2, 0.25) is 17.7 Å². The van der Waals surface area contributed by atoms with Crippen LogP contribution in [0.2, 0.25) is 0 Å². The highest BCUT2D eigenvalue weighted by Crippen LogP contribution is 2.20. The van der Waals surface area contributed by atoms with Gasteiger partial charge in [-0.1, -0.05) is 5.92 Å². The smallest absolute Gasteiger partial charge is 0.232 e. The van der Waals surface area contributed by atoms with Crippen LogP contribution in [-0.2, 0) is 0 Å². The third-order valence-corrected chi connectivity index (χ3v) is 3.06. The summed E-state index contributed by atoms with van der Waals surface area (Å²) in [7, 11) is 3.16. The zero-order chi connectivity index (χ0) is 13.7. The molecule has 2 rings (SSSR count). The summed E-state index contributed by atoms with van der Waals surface area (Å²) in [5, 5.41) is 0. The molecule has 1 aromatic heterocycles. The van der Waals surface area contributed by atoms with E-state index < -0.39 is 0 Å². The van der Waals surface area contributed by atoms with Crippen molar-refractivity contribution in [1.29, 1.82) is 0 Å². The second-order valence-electron chi connectivity index (χ2n) is 4.22. The van der Waals surface area contributed by atoms with E-state index in [9.17, 15) is 0 Å². The Hall–Kier alpha value is -2.00. The number of rotatable bonds is 4. The van der Waals surface area contributed by atoms with E-state index in [2.05, 4.69) is 25.7 Å². The monoisotopic (exact) mass is 262 g/mol. The van der Waals surface area contributed by atoms with Crippen molar-refractivity contribution in [3.05, 3.63) is 6.07 Å². The van der Waals surface area contributed by atoms with Gasteiger partial charge in [-0.25, -0.2) is 0 Å². The van der Waals surface area contributed by atoms with Gasteiger partial charge in [-0.3, -0.25) is 4.90 Å². The topological polar surface area (TPSA) is 50.7 Å². The van der Waals surface area contributed by atoms with Crippen molar-refractivity contribution in [2.45, 2.75) is 0 Å². The Morgan fingerprint density at radius 1 is 1.16 bits per heavy atom. The Morgan fingerprint density at radius 2 is 1.74 bits per heavy atom. The molecule has 0 spiro atoms. The summed E-state index contributed by atoms with van der Waals surface area (Å²) < 4.78 is 10.3. The summed E-state index contributed by atoms with van der Waals surface area (Å²) in [5.41, 5.74) is 0. The van der Waals surface area contributed by atoms with E-state index in [1.54, 1.807) is 20.3 Å². The molecule has 0 aliphatic carbocycles. The van der Waals surface area contributed by atoms with Gasteiger partial charge in [0.15, 0.2) is 0 Å². The zero-order valence-electron chi connectivity index (χ0n) is 11.3. The number of aromatic nitrogens is 2. The second kappa shape index (κ2) is 6.25. The summed E-state index contributed by atoms with van der Waals surface area (Å²) in [6.07, 6.45) is 5.32. The molecule has 102 valence electrons. The molecule has 1 aromatic rings. The lowest BCUT2D eigenvalue weighted by Gasteiger charge is -2.33. The van der Waals surface area contributed by atoms with Crippen molar-refractivity contribution in [3.8, 4) is 24.1 Å². The highest BCUT2D eigenvalue weighted by molar-refractivity contribution is 5.37. The number of hydrogen-bond acceptors (Lipinski definition) is 6. The minimum absolute atomic E-state index is 0.507. The lowest BCUT2D eigenvalue weighted by Crippen LogP contribution is -2.47. The second-order valence-corrected chi connectivity index (χ2v) is 4.22. The van der Waals surface area contributed by atoms with Gasteiger partial charge in [-0.2, -0.15) is 9.97 Å². The van der Waals surface area contributed by atoms with Crippen LogP contribution < -0.4 is 14.4 Å². The molecule has 1 fully saturated rings. The average Bonchev–Trinajstić information content (AvgIpc) is 2.47. The maximum atomic E-state index is 5.32. The van der Waals surface area contributed by atoms with E-state index in [1.807, 2.05) is 0 Å². The van der Waals surface area contributed by atoms with E-state index in [0.717, 1.165) is 26.2 Å². The predicted octanol–water partition coefficient (Wildman–Crippen LogP) is 0.249. The molecule has 6 nitrogen and oxygen atoms in total. The molecule has 0 atom stereocenters. The molecule has 0 saturated carbocycles. The highest BCUT2D eigenvalue weighted by Gasteiger charge is 2.19. The molecule has 1 aliphatic heterocycles. The lowest BCUT2D eigenvalue weighted by atomic mass is 10.3. The largest absolute Gasteiger partial charge is 0.481 e. The van der Waals surface area contributed by atoms with Crippen LogP contribution in [0.1, 0.15) is 0 Å². The minimum atomic E-state index is 0.507. The van der Waals surface area contributed by atoms with Gasteiger partial charge in [-0.05, 0) is 0 Å². The molecular weight excluding hydrogens is 244 g/mol. The van der Waals surface area contributed by atoms with Crippen LogP contribution in [0.25, 0.3) is 0 Å². The van der Waals surface area contributed by atoms with Gasteiger partial charge in [0, 0.05) is 26.2 Å². The summed E-state index contributed by atoms with van der Waals surface area (Å²) in [6, 6.07) is 1.66. The van der Waals surface area contributed by atoms with E-state index in [-0.39, 0.29) is 0 Å². The first kappa shape index (κ1) is 13.4. The summed E-state index contributed by atoms with van der Waals surface area (Å²) in [5.74, 6) is 4.32. The molecule has 0 radical (unpaired) electrons. The van der Waals surface area contributed by atoms with Crippen LogP contribution in [0, 0.1) is 12.3 Å². The van der Waals surface area contributed by atoms with Gasteiger partial charge < -0.3 is 14.4 Å². The molecule has 1 aliphatic rings. The van der Waals surface area contributed by atoms with Gasteiger partial charge in [0.05, 0.1) is 26.8 Å². The maximum absolute atomic E-state index is 5.32. The normalized spacial score (nSPS) is 15.9. The van der Waals surface area contributed by atoms with Crippen molar-refractivity contribution < 1.29 is 9.47 Å². The van der Waals surface area contributed by atoms with Crippen molar-refractivity contribution in [3.63, 3.8) is 0 Å². The molecule has 0 unspecified atom stereocenters. The molecule has 0 bridgehead atoms. The summed E-state index contributed by atoms with van der Waals surface area (Å²) in [6.45, 7) is 4.20. The molecule has 0 N–H and O–H groups in total. The van der Waals surface area contributed by atoms with Crippen LogP contribution in [0.3, 0.4) is 0 Å². The maximum Gasteiger partial charge on any atom is 0.232 e. The number of hydrogen-bond donors (Lipinski definition) is 0. The van der Waals surface area contributed by atoms with Crippen LogP contribution in [-0.4, -0.2) is 61.8 Å². The Bertz CT molecular complexity index is 442. The average molecular weight is 262 g/mol. The molecule has 19 heavy (non-hydrogen) atoms. The first-order chi connectivity index (χ1) is 9.26. The standard InChI is InChI=1S/C13H18N4O2/c1-4-5-16-6-8-17(9-7-16)13-14-11(18-2)10-12(15-13)19-3/h1,10H,5-9H2,2-3H3. The van der Waals surface area contributed by atoms with Crippen molar-refractivity contribution in [2.75, 3.05) is 51.8 Å². The van der Waals surface area contributed by atoms with Gasteiger partial charge in [0.1, 0.15) is 0 Å². The lowest BCUT2D eigenvalue weighted by molar-refractivity contribution is 0.285. The number of nitrogens with zero attached hydrogens (tertiary/aromatic N) is 4. The Morgan fingerprint density at radius 3 is 2.21 bits per heavy atom. The molecular formula is C13H18N4O2. The summed E-state index contributed by atoms with van der Waals surface area (Å²) >= 11 is 0. The number of ether oxygens (including phenoxy) is 2. The number of piperazine rings is 1. The van der Waals surface area contributed by atoms with Gasteiger partial charge >= 0.3 is 0 Å². The van der Waals surface area contributed by atoms with Crippen molar-refractivity contribution in [2.24, 2.45) is 0 Å². The highest BCUT2D eigenvalue weighted by atomic mass is 16.5. The third kappa shape index (κ3) is 3.26. The Labute approximate surface area is 113 Å². The van der Waals surface area contributed by atoms with Crippen LogP contribution in [0.15, 0.2) is 6.07 Å². The third-order valence-electron chi connectivity index (χ3n) is 3.06. The van der Waals surface area contributed by atoms with E-state index in [0.29, 0.717) is 24.3 Å². The number of methoxy groups -OCH3 is 2. The van der Waals surface area contributed by atoms with Gasteiger partial charge in [-0.15, -0.1) is 6.42 Å². The van der Waals surface area contributed by atoms with E-state index >= 15 is 0 Å². The first-order valence-electron chi connectivity index (χ1n) is 6.14. The number of anilines is 1. The van der Waals surface area contributed by atoms with Crippen LogP contribution in [0.4, 0.5) is 5.95 Å². The first-order valence-corrected chi connectivity index (χ1v) is 6.14. The Kier molecular flexibility index (Phi) is 4.42. The fourth-order valence-electron chi connectivity index (χ4n) is 1.98. The fourth-order valence-corrected chi connectivity index (χ4v) is 1.98. The quantitative estimate of drug-likeness (QED) is 0.725. The SMILES string of the molecule is C#CCN1CCN(c2nc(OC)cc(OC)n2)CC1.